The monoisotopic (exact) mass is 183 g/mol. The van der Waals surface area contributed by atoms with E-state index in [2.05, 4.69) is 11.7 Å². The van der Waals surface area contributed by atoms with Gasteiger partial charge in [-0.1, -0.05) is 0 Å². The summed E-state index contributed by atoms with van der Waals surface area (Å²) < 4.78 is 25.5. The number of carbonyl (C=O) groups excluding carboxylic acids is 1. The molecule has 4 heteroatoms. The summed E-state index contributed by atoms with van der Waals surface area (Å²) in [7, 11) is 0. The third kappa shape index (κ3) is 2.18. The van der Waals surface area contributed by atoms with Crippen LogP contribution in [0.1, 0.15) is 10.4 Å². The molecule has 13 heavy (non-hydrogen) atoms. The van der Waals surface area contributed by atoms with Crippen LogP contribution < -0.4 is 0 Å². The van der Waals surface area contributed by atoms with Gasteiger partial charge in [0.05, 0.1) is 5.56 Å². The van der Waals surface area contributed by atoms with Crippen LogP contribution in [0.4, 0.5) is 8.78 Å². The minimum Gasteiger partial charge on any atom is -0.293 e. The number of ketones is 1. The van der Waals surface area contributed by atoms with E-state index in [1.165, 1.54) is 0 Å². The first-order valence-corrected chi connectivity index (χ1v) is 3.56. The van der Waals surface area contributed by atoms with Gasteiger partial charge in [0.2, 0.25) is 0 Å². The molecule has 0 fully saturated rings. The zero-order chi connectivity index (χ0) is 9.84. The topological polar surface area (TPSA) is 29.4 Å². The van der Waals surface area contributed by atoms with Crippen LogP contribution in [0.25, 0.3) is 0 Å². The highest BCUT2D eigenvalue weighted by molar-refractivity contribution is 5.98. The minimum atomic E-state index is -0.741. The first-order valence-electron chi connectivity index (χ1n) is 3.56. The minimum absolute atomic E-state index is 0.236. The number of Topliss-reactive ketones (excluding diaryl/α,β-unsaturated/α-hetero) is 1. The zero-order valence-electron chi connectivity index (χ0n) is 6.76. The van der Waals surface area contributed by atoms with E-state index in [1.807, 2.05) is 0 Å². The standard InChI is InChI=1S/C9H7F2NO/c1-12-5-9(13)7-4-6(10)2-3-8(7)11/h2-4H,1,5H2. The largest absolute Gasteiger partial charge is 0.293 e. The molecule has 2 nitrogen and oxygen atoms in total. The average molecular weight is 183 g/mol. The molecular weight excluding hydrogens is 176 g/mol. The van der Waals surface area contributed by atoms with Crippen LogP contribution in [-0.2, 0) is 0 Å². The summed E-state index contributed by atoms with van der Waals surface area (Å²) >= 11 is 0. The predicted octanol–water partition coefficient (Wildman–Crippen LogP) is 1.85. The van der Waals surface area contributed by atoms with E-state index in [-0.39, 0.29) is 12.1 Å². The lowest BCUT2D eigenvalue weighted by Gasteiger charge is -1.99. The molecule has 0 saturated carbocycles. The lowest BCUT2D eigenvalue weighted by Crippen LogP contribution is -2.06. The van der Waals surface area contributed by atoms with Crippen molar-refractivity contribution in [1.82, 2.24) is 0 Å². The Hall–Kier alpha value is -1.58. The molecule has 1 aromatic carbocycles. The van der Waals surface area contributed by atoms with Crippen LogP contribution in [0.2, 0.25) is 0 Å². The number of hydrogen-bond acceptors (Lipinski definition) is 2. The van der Waals surface area contributed by atoms with Crippen LogP contribution in [0.5, 0.6) is 0 Å². The fraction of sp³-hybridized carbons (Fsp3) is 0.111. The van der Waals surface area contributed by atoms with E-state index < -0.39 is 17.4 Å². The normalized spacial score (nSPS) is 9.69. The van der Waals surface area contributed by atoms with E-state index in [0.717, 1.165) is 18.2 Å². The Morgan fingerprint density at radius 2 is 2.15 bits per heavy atom. The fourth-order valence-electron chi connectivity index (χ4n) is 0.898. The van der Waals surface area contributed by atoms with E-state index in [1.54, 1.807) is 0 Å². The maximum atomic E-state index is 12.9. The molecule has 0 saturated heterocycles. The van der Waals surface area contributed by atoms with Crippen LogP contribution in [0, 0.1) is 11.6 Å². The number of hydrogen-bond donors (Lipinski definition) is 0. The molecule has 0 spiro atoms. The molecule has 0 bridgehead atoms. The van der Waals surface area contributed by atoms with E-state index >= 15 is 0 Å². The third-order valence-corrected chi connectivity index (χ3v) is 1.48. The first-order chi connectivity index (χ1) is 6.15. The van der Waals surface area contributed by atoms with Crippen LogP contribution in [-0.4, -0.2) is 19.0 Å². The van der Waals surface area contributed by atoms with Crippen LogP contribution in [0.3, 0.4) is 0 Å². The molecule has 68 valence electrons. The molecule has 0 heterocycles. The Labute approximate surface area is 73.9 Å². The van der Waals surface area contributed by atoms with Gasteiger partial charge in [0, 0.05) is 0 Å². The van der Waals surface area contributed by atoms with Gasteiger partial charge in [0.25, 0.3) is 0 Å². The molecule has 1 aromatic rings. The van der Waals surface area contributed by atoms with Crippen LogP contribution >= 0.6 is 0 Å². The molecule has 0 aliphatic carbocycles. The SMILES string of the molecule is C=NCC(=O)c1cc(F)ccc1F. The van der Waals surface area contributed by atoms with Gasteiger partial charge < -0.3 is 0 Å². The smallest absolute Gasteiger partial charge is 0.187 e. The van der Waals surface area contributed by atoms with Gasteiger partial charge in [0.1, 0.15) is 18.2 Å². The molecule has 0 N–H and O–H groups in total. The number of nitrogens with zero attached hydrogens (tertiary/aromatic N) is 1. The highest BCUT2D eigenvalue weighted by Crippen LogP contribution is 2.10. The number of carbonyl (C=O) groups is 1. The quantitative estimate of drug-likeness (QED) is 0.519. The number of rotatable bonds is 3. The molecule has 0 radical (unpaired) electrons. The summed E-state index contributed by atoms with van der Waals surface area (Å²) in [4.78, 5) is 14.4. The van der Waals surface area contributed by atoms with Crippen molar-refractivity contribution in [3.63, 3.8) is 0 Å². The summed E-state index contributed by atoms with van der Waals surface area (Å²) in [5, 5.41) is 0. The van der Waals surface area contributed by atoms with Gasteiger partial charge in [-0.3, -0.25) is 9.79 Å². The van der Waals surface area contributed by atoms with Crippen molar-refractivity contribution in [3.05, 3.63) is 35.4 Å². The van der Waals surface area contributed by atoms with Gasteiger partial charge in [0.15, 0.2) is 5.78 Å². The van der Waals surface area contributed by atoms with Gasteiger partial charge in [-0.2, -0.15) is 0 Å². The van der Waals surface area contributed by atoms with Crippen molar-refractivity contribution < 1.29 is 13.6 Å². The summed E-state index contributed by atoms with van der Waals surface area (Å²) in [6.07, 6.45) is 0. The highest BCUT2D eigenvalue weighted by Gasteiger charge is 2.11. The molecule has 0 aromatic heterocycles. The second-order valence-electron chi connectivity index (χ2n) is 2.43. The Bertz CT molecular complexity index is 349. The van der Waals surface area contributed by atoms with Gasteiger partial charge in [-0.05, 0) is 24.9 Å². The number of halogens is 2. The number of benzene rings is 1. The third-order valence-electron chi connectivity index (χ3n) is 1.48. The summed E-state index contributed by atoms with van der Waals surface area (Å²) in [6.45, 7) is 2.86. The van der Waals surface area contributed by atoms with Gasteiger partial charge >= 0.3 is 0 Å². The maximum absolute atomic E-state index is 12.9. The second-order valence-corrected chi connectivity index (χ2v) is 2.43. The fourth-order valence-corrected chi connectivity index (χ4v) is 0.898. The Morgan fingerprint density at radius 3 is 2.77 bits per heavy atom. The van der Waals surface area contributed by atoms with Crippen molar-refractivity contribution in [1.29, 1.82) is 0 Å². The van der Waals surface area contributed by atoms with Crippen molar-refractivity contribution in [3.8, 4) is 0 Å². The van der Waals surface area contributed by atoms with Crippen molar-refractivity contribution in [2.45, 2.75) is 0 Å². The molecule has 0 aliphatic heterocycles. The van der Waals surface area contributed by atoms with Crippen LogP contribution in [0.15, 0.2) is 23.2 Å². The van der Waals surface area contributed by atoms with E-state index in [9.17, 15) is 13.6 Å². The Kier molecular flexibility index (Phi) is 2.84. The Morgan fingerprint density at radius 1 is 1.46 bits per heavy atom. The van der Waals surface area contributed by atoms with Crippen molar-refractivity contribution in [2.75, 3.05) is 6.54 Å². The Balaban J connectivity index is 3.05. The summed E-state index contributed by atoms with van der Waals surface area (Å²) in [6, 6.07) is 2.71. The van der Waals surface area contributed by atoms with Gasteiger partial charge in [-0.15, -0.1) is 0 Å². The van der Waals surface area contributed by atoms with E-state index in [0.29, 0.717) is 0 Å². The van der Waals surface area contributed by atoms with Gasteiger partial charge in [-0.25, -0.2) is 8.78 Å². The van der Waals surface area contributed by atoms with Crippen molar-refractivity contribution in [2.24, 2.45) is 4.99 Å². The predicted molar refractivity (Wildman–Crippen MR) is 45.1 cm³/mol. The number of aliphatic imine (C=N–C) groups is 1. The highest BCUT2D eigenvalue weighted by atomic mass is 19.1. The first kappa shape index (κ1) is 9.51. The zero-order valence-corrected chi connectivity index (χ0v) is 6.76. The molecule has 0 unspecified atom stereocenters. The molecule has 0 amide bonds. The van der Waals surface area contributed by atoms with Crippen molar-refractivity contribution >= 4 is 12.5 Å². The molecule has 0 aliphatic rings. The summed E-state index contributed by atoms with van der Waals surface area (Å²) in [5.41, 5.74) is -0.285. The van der Waals surface area contributed by atoms with E-state index in [4.69, 9.17) is 0 Å². The molecular formula is C9H7F2NO. The summed E-state index contributed by atoms with van der Waals surface area (Å²) in [5.74, 6) is -1.96. The second kappa shape index (κ2) is 3.89. The molecule has 0 atom stereocenters. The average Bonchev–Trinajstić information content (AvgIpc) is 2.09. The lowest BCUT2D eigenvalue weighted by molar-refractivity contribution is 0.0998. The molecule has 1 rings (SSSR count). The lowest BCUT2D eigenvalue weighted by atomic mass is 10.1. The maximum Gasteiger partial charge on any atom is 0.187 e.